The van der Waals surface area contributed by atoms with Crippen LogP contribution in [0.4, 0.5) is 13.2 Å². The lowest BCUT2D eigenvalue weighted by Crippen LogP contribution is -2.43. The van der Waals surface area contributed by atoms with E-state index in [0.29, 0.717) is 0 Å². The third kappa shape index (κ3) is 6.05. The summed E-state index contributed by atoms with van der Waals surface area (Å²) in [5.41, 5.74) is -4.35. The fourth-order valence-corrected chi connectivity index (χ4v) is 1.93. The largest absolute Gasteiger partial charge is 0.480 e. The predicted molar refractivity (Wildman–Crippen MR) is 69.1 cm³/mol. The molecule has 0 aromatic heterocycles. The van der Waals surface area contributed by atoms with Gasteiger partial charge in [-0.25, -0.2) is 4.79 Å². The number of amides is 1. The molecule has 0 fully saturated rings. The number of carbonyl (C=O) groups excluding carboxylic acids is 1. The number of thioether (sulfide) groups is 1. The van der Waals surface area contributed by atoms with Crippen molar-refractivity contribution >= 4 is 23.6 Å². The molecule has 0 aliphatic heterocycles. The zero-order valence-corrected chi connectivity index (χ0v) is 11.6. The molecule has 0 saturated carbocycles. The number of halogens is 3. The van der Waals surface area contributed by atoms with Gasteiger partial charge in [-0.2, -0.15) is 13.2 Å². The monoisotopic (exact) mass is 323 g/mol. The van der Waals surface area contributed by atoms with Crippen LogP contribution in [-0.2, 0) is 9.53 Å². The van der Waals surface area contributed by atoms with Crippen molar-refractivity contribution in [1.82, 2.24) is 5.32 Å². The number of carboxylic acid groups (broad SMARTS) is 1. The number of benzene rings is 1. The molecule has 5 nitrogen and oxygen atoms in total. The summed E-state index contributed by atoms with van der Waals surface area (Å²) in [5, 5.41) is 11.1. The normalized spacial score (nSPS) is 12.8. The second kappa shape index (κ2) is 7.32. The highest BCUT2D eigenvalue weighted by Gasteiger charge is 2.29. The zero-order valence-electron chi connectivity index (χ0n) is 10.8. The van der Waals surface area contributed by atoms with E-state index in [4.69, 9.17) is 5.11 Å². The fraction of sp³-hybridized carbons (Fsp3) is 0.333. The van der Waals surface area contributed by atoms with Crippen molar-refractivity contribution in [3.8, 4) is 0 Å². The molecule has 0 radical (unpaired) electrons. The van der Waals surface area contributed by atoms with Crippen molar-refractivity contribution in [1.29, 1.82) is 0 Å². The number of aliphatic carboxylic acids is 1. The maximum atomic E-state index is 12.2. The predicted octanol–water partition coefficient (Wildman–Crippen LogP) is 2.13. The molecule has 1 atom stereocenters. The number of carboxylic acids is 1. The van der Waals surface area contributed by atoms with Crippen LogP contribution in [-0.4, -0.2) is 42.2 Å². The molecule has 0 saturated heterocycles. The number of hydrogen-bond acceptors (Lipinski definition) is 4. The summed E-state index contributed by atoms with van der Waals surface area (Å²) in [6.07, 6.45) is 0. The Balaban J connectivity index is 2.72. The lowest BCUT2D eigenvalue weighted by Gasteiger charge is -2.13. The molecule has 1 rings (SSSR count). The first kappa shape index (κ1) is 17.3. The molecule has 0 spiro atoms. The lowest BCUT2D eigenvalue weighted by molar-refractivity contribution is -0.140. The van der Waals surface area contributed by atoms with E-state index in [9.17, 15) is 22.8 Å². The average Bonchev–Trinajstić information content (AvgIpc) is 2.36. The topological polar surface area (TPSA) is 75.6 Å². The lowest BCUT2D eigenvalue weighted by atomic mass is 10.2. The van der Waals surface area contributed by atoms with Gasteiger partial charge in [-0.3, -0.25) is 4.79 Å². The highest BCUT2D eigenvalue weighted by molar-refractivity contribution is 8.00. The minimum Gasteiger partial charge on any atom is -0.480 e. The molecule has 116 valence electrons. The Hall–Kier alpha value is -1.74. The number of nitrogens with one attached hydrogen (secondary N) is 1. The van der Waals surface area contributed by atoms with E-state index in [2.05, 4.69) is 10.1 Å². The number of ether oxygens (including phenoxy) is 1. The minimum atomic E-state index is -4.41. The molecule has 1 unspecified atom stereocenters. The summed E-state index contributed by atoms with van der Waals surface area (Å²) in [7, 11) is 1.28. The van der Waals surface area contributed by atoms with E-state index in [0.717, 1.165) is 12.1 Å². The summed E-state index contributed by atoms with van der Waals surface area (Å²) >= 11 is -0.298. The SMILES string of the molecule is COCC(NC(=O)c1ccc(SC(F)(F)F)cc1)C(=O)O. The molecule has 0 heterocycles. The van der Waals surface area contributed by atoms with Crippen molar-refractivity contribution in [3.63, 3.8) is 0 Å². The maximum Gasteiger partial charge on any atom is 0.446 e. The summed E-state index contributed by atoms with van der Waals surface area (Å²) < 4.78 is 41.1. The van der Waals surface area contributed by atoms with Crippen molar-refractivity contribution in [3.05, 3.63) is 29.8 Å². The van der Waals surface area contributed by atoms with Crippen LogP contribution in [0.2, 0.25) is 0 Å². The van der Waals surface area contributed by atoms with E-state index in [-0.39, 0.29) is 28.8 Å². The van der Waals surface area contributed by atoms with Crippen molar-refractivity contribution < 1.29 is 32.6 Å². The smallest absolute Gasteiger partial charge is 0.446 e. The Labute approximate surface area is 122 Å². The molecule has 1 aromatic carbocycles. The molecule has 0 bridgehead atoms. The van der Waals surface area contributed by atoms with Gasteiger partial charge in [-0.05, 0) is 36.0 Å². The quantitative estimate of drug-likeness (QED) is 0.785. The first-order chi connectivity index (χ1) is 9.73. The van der Waals surface area contributed by atoms with Gasteiger partial charge in [0.2, 0.25) is 0 Å². The number of methoxy groups -OCH3 is 1. The van der Waals surface area contributed by atoms with Crippen LogP contribution in [0.5, 0.6) is 0 Å². The third-order valence-corrected chi connectivity index (χ3v) is 3.03. The second-order valence-electron chi connectivity index (χ2n) is 3.89. The Morgan fingerprint density at radius 1 is 1.33 bits per heavy atom. The first-order valence-corrected chi connectivity index (χ1v) is 6.43. The first-order valence-electron chi connectivity index (χ1n) is 5.61. The van der Waals surface area contributed by atoms with Crippen molar-refractivity contribution in [2.45, 2.75) is 16.4 Å². The standard InChI is InChI=1S/C12H12F3NO4S/c1-20-6-9(11(18)19)16-10(17)7-2-4-8(5-3-7)21-12(13,14)15/h2-5,9H,6H2,1H3,(H,16,17)(H,18,19). The number of hydrogen-bond donors (Lipinski definition) is 2. The molecule has 1 amide bonds. The zero-order chi connectivity index (χ0) is 16.0. The maximum absolute atomic E-state index is 12.2. The number of rotatable bonds is 6. The van der Waals surface area contributed by atoms with Gasteiger partial charge >= 0.3 is 11.5 Å². The number of alkyl halides is 3. The minimum absolute atomic E-state index is 0.0591. The third-order valence-electron chi connectivity index (χ3n) is 2.29. The van der Waals surface area contributed by atoms with Gasteiger partial charge in [0.05, 0.1) is 6.61 Å². The van der Waals surface area contributed by atoms with Gasteiger partial charge in [0.15, 0.2) is 6.04 Å². The molecule has 0 aliphatic rings. The summed E-state index contributed by atoms with van der Waals surface area (Å²) in [6.45, 7) is -0.219. The molecular weight excluding hydrogens is 311 g/mol. The molecule has 2 N–H and O–H groups in total. The van der Waals surface area contributed by atoms with E-state index < -0.39 is 23.4 Å². The van der Waals surface area contributed by atoms with Gasteiger partial charge in [0.25, 0.3) is 5.91 Å². The van der Waals surface area contributed by atoms with E-state index >= 15 is 0 Å². The van der Waals surface area contributed by atoms with Gasteiger partial charge in [0.1, 0.15) is 0 Å². The molecule has 1 aromatic rings. The van der Waals surface area contributed by atoms with Gasteiger partial charge in [-0.15, -0.1) is 0 Å². The van der Waals surface area contributed by atoms with E-state index in [1.54, 1.807) is 0 Å². The molecular formula is C12H12F3NO4S. The van der Waals surface area contributed by atoms with Gasteiger partial charge in [0, 0.05) is 17.6 Å². The van der Waals surface area contributed by atoms with Crippen LogP contribution in [0.1, 0.15) is 10.4 Å². The Morgan fingerprint density at radius 3 is 2.33 bits per heavy atom. The van der Waals surface area contributed by atoms with E-state index in [1.165, 1.54) is 19.2 Å². The van der Waals surface area contributed by atoms with Gasteiger partial charge < -0.3 is 15.2 Å². The Kier molecular flexibility index (Phi) is 6.03. The molecule has 9 heteroatoms. The van der Waals surface area contributed by atoms with Crippen LogP contribution in [0.25, 0.3) is 0 Å². The van der Waals surface area contributed by atoms with Crippen molar-refractivity contribution in [2.24, 2.45) is 0 Å². The van der Waals surface area contributed by atoms with Crippen LogP contribution < -0.4 is 5.32 Å². The molecule has 21 heavy (non-hydrogen) atoms. The van der Waals surface area contributed by atoms with Crippen LogP contribution in [0.15, 0.2) is 29.2 Å². The summed E-state index contributed by atoms with van der Waals surface area (Å²) in [6, 6.07) is 3.43. The Morgan fingerprint density at radius 2 is 1.90 bits per heavy atom. The number of carbonyl (C=O) groups is 2. The summed E-state index contributed by atoms with van der Waals surface area (Å²) in [4.78, 5) is 22.6. The van der Waals surface area contributed by atoms with Crippen LogP contribution in [0, 0.1) is 0 Å². The molecule has 0 aliphatic carbocycles. The second-order valence-corrected chi connectivity index (χ2v) is 5.03. The average molecular weight is 323 g/mol. The summed E-state index contributed by atoms with van der Waals surface area (Å²) in [5.74, 6) is -1.97. The van der Waals surface area contributed by atoms with Crippen LogP contribution in [0.3, 0.4) is 0 Å². The van der Waals surface area contributed by atoms with Gasteiger partial charge in [-0.1, -0.05) is 0 Å². The highest BCUT2D eigenvalue weighted by Crippen LogP contribution is 2.36. The van der Waals surface area contributed by atoms with Crippen LogP contribution >= 0.6 is 11.8 Å². The Bertz CT molecular complexity index is 504. The van der Waals surface area contributed by atoms with E-state index in [1.807, 2.05) is 0 Å². The highest BCUT2D eigenvalue weighted by atomic mass is 32.2. The van der Waals surface area contributed by atoms with Crippen molar-refractivity contribution in [2.75, 3.05) is 13.7 Å². The fourth-order valence-electron chi connectivity index (χ4n) is 1.39.